The maximum Gasteiger partial charge on any atom is 0.265 e. The summed E-state index contributed by atoms with van der Waals surface area (Å²) in [4.78, 5) is 0. The van der Waals surface area contributed by atoms with Gasteiger partial charge in [-0.3, -0.25) is 0 Å². The molecule has 0 rings (SSSR count). The topological polar surface area (TPSA) is 20.2 Å². The minimum atomic E-state index is -2.72. The van der Waals surface area contributed by atoms with Crippen LogP contribution < -0.4 is 0 Å². The standard InChI is InChI=1S/C5H6F2O/c1-2-3-4(8)5(6)7/h1,4-5,8H,3H2. The number of halogens is 2. The second-order valence-electron chi connectivity index (χ2n) is 1.31. The van der Waals surface area contributed by atoms with Crippen molar-refractivity contribution in [2.24, 2.45) is 0 Å². The second-order valence-corrected chi connectivity index (χ2v) is 1.31. The summed E-state index contributed by atoms with van der Waals surface area (Å²) in [6.45, 7) is 0. The van der Waals surface area contributed by atoms with E-state index in [9.17, 15) is 8.78 Å². The molecule has 1 N–H and O–H groups in total. The van der Waals surface area contributed by atoms with Crippen molar-refractivity contribution in [1.82, 2.24) is 0 Å². The van der Waals surface area contributed by atoms with Gasteiger partial charge in [-0.05, 0) is 0 Å². The Bertz CT molecular complexity index is 95.1. The summed E-state index contributed by atoms with van der Waals surface area (Å²) in [7, 11) is 0. The lowest BCUT2D eigenvalue weighted by molar-refractivity contribution is -0.000900. The van der Waals surface area contributed by atoms with Gasteiger partial charge in [0.25, 0.3) is 6.43 Å². The SMILES string of the molecule is C#CCC(O)C(F)F. The molecule has 0 bridgehead atoms. The molecule has 1 atom stereocenters. The molecule has 1 nitrogen and oxygen atoms in total. The van der Waals surface area contributed by atoms with Crippen LogP contribution in [0.2, 0.25) is 0 Å². The summed E-state index contributed by atoms with van der Waals surface area (Å²) < 4.78 is 22.5. The molecule has 0 aromatic heterocycles. The van der Waals surface area contributed by atoms with Crippen LogP contribution in [0.15, 0.2) is 0 Å². The molecule has 0 saturated carbocycles. The first-order valence-electron chi connectivity index (χ1n) is 2.08. The average molecular weight is 120 g/mol. The molecule has 8 heavy (non-hydrogen) atoms. The lowest BCUT2D eigenvalue weighted by Gasteiger charge is -2.01. The molecule has 0 saturated heterocycles. The van der Waals surface area contributed by atoms with E-state index in [1.54, 1.807) is 0 Å². The van der Waals surface area contributed by atoms with Gasteiger partial charge in [-0.2, -0.15) is 0 Å². The molecule has 0 heterocycles. The molecule has 0 aliphatic heterocycles. The summed E-state index contributed by atoms with van der Waals surface area (Å²) >= 11 is 0. The van der Waals surface area contributed by atoms with E-state index in [2.05, 4.69) is 6.42 Å². The van der Waals surface area contributed by atoms with Crippen molar-refractivity contribution in [3.8, 4) is 12.3 Å². The largest absolute Gasteiger partial charge is 0.386 e. The first-order valence-corrected chi connectivity index (χ1v) is 2.08. The minimum Gasteiger partial charge on any atom is -0.386 e. The third-order valence-electron chi connectivity index (χ3n) is 0.618. The summed E-state index contributed by atoms with van der Waals surface area (Å²) in [5.74, 6) is 1.92. The highest BCUT2D eigenvalue weighted by molar-refractivity contribution is 4.87. The van der Waals surface area contributed by atoms with Crippen LogP contribution in [0.5, 0.6) is 0 Å². The number of aliphatic hydroxyl groups excluding tert-OH is 1. The molecule has 0 amide bonds. The fraction of sp³-hybridized carbons (Fsp3) is 0.600. The van der Waals surface area contributed by atoms with Gasteiger partial charge >= 0.3 is 0 Å². The molecule has 0 fully saturated rings. The average Bonchev–Trinajstić information content (AvgIpc) is 1.67. The molecule has 1 unspecified atom stereocenters. The molecular weight excluding hydrogens is 114 g/mol. The smallest absolute Gasteiger partial charge is 0.265 e. The number of hydrogen-bond acceptors (Lipinski definition) is 1. The van der Waals surface area contributed by atoms with Crippen LogP contribution in [-0.4, -0.2) is 17.6 Å². The Kier molecular flexibility index (Phi) is 3.13. The van der Waals surface area contributed by atoms with Crippen molar-refractivity contribution in [2.75, 3.05) is 0 Å². The predicted octanol–water partition coefficient (Wildman–Crippen LogP) is 0.636. The number of hydrogen-bond donors (Lipinski definition) is 1. The normalized spacial score (nSPS) is 13.4. The third-order valence-corrected chi connectivity index (χ3v) is 0.618. The molecule has 0 aromatic rings. The van der Waals surface area contributed by atoms with E-state index in [1.165, 1.54) is 0 Å². The molecule has 0 radical (unpaired) electrons. The van der Waals surface area contributed by atoms with Gasteiger partial charge in [-0.1, -0.05) is 0 Å². The molecule has 3 heteroatoms. The first kappa shape index (κ1) is 7.38. The summed E-state index contributed by atoms with van der Waals surface area (Å²) in [6.07, 6.45) is -0.0256. The summed E-state index contributed by atoms with van der Waals surface area (Å²) in [5.41, 5.74) is 0. The van der Waals surface area contributed by atoms with Gasteiger partial charge in [0, 0.05) is 6.42 Å². The fourth-order valence-electron chi connectivity index (χ4n) is 0.210. The Labute approximate surface area is 46.3 Å². The number of rotatable bonds is 2. The Hall–Kier alpha value is -0.620. The van der Waals surface area contributed by atoms with Crippen LogP contribution in [-0.2, 0) is 0 Å². The van der Waals surface area contributed by atoms with Crippen molar-refractivity contribution < 1.29 is 13.9 Å². The van der Waals surface area contributed by atoms with Gasteiger partial charge in [0.1, 0.15) is 6.10 Å². The molecule has 0 aromatic carbocycles. The molecular formula is C5H6F2O. The van der Waals surface area contributed by atoms with E-state index < -0.39 is 12.5 Å². The van der Waals surface area contributed by atoms with Crippen molar-refractivity contribution in [1.29, 1.82) is 0 Å². The van der Waals surface area contributed by atoms with Crippen LogP contribution in [0.1, 0.15) is 6.42 Å². The Morgan fingerprint density at radius 2 is 2.12 bits per heavy atom. The van der Waals surface area contributed by atoms with Crippen molar-refractivity contribution >= 4 is 0 Å². The Morgan fingerprint density at radius 1 is 1.62 bits per heavy atom. The van der Waals surface area contributed by atoms with Crippen LogP contribution >= 0.6 is 0 Å². The van der Waals surface area contributed by atoms with Gasteiger partial charge in [-0.15, -0.1) is 12.3 Å². The molecule has 0 aliphatic rings. The Morgan fingerprint density at radius 3 is 2.25 bits per heavy atom. The van der Waals surface area contributed by atoms with E-state index in [4.69, 9.17) is 5.11 Å². The maximum atomic E-state index is 11.3. The number of alkyl halides is 2. The third kappa shape index (κ3) is 2.54. The van der Waals surface area contributed by atoms with Crippen molar-refractivity contribution in [3.05, 3.63) is 0 Å². The molecule has 0 spiro atoms. The van der Waals surface area contributed by atoms with Crippen molar-refractivity contribution in [3.63, 3.8) is 0 Å². The van der Waals surface area contributed by atoms with Crippen LogP contribution in [0.25, 0.3) is 0 Å². The lowest BCUT2D eigenvalue weighted by Crippen LogP contribution is -2.15. The zero-order valence-electron chi connectivity index (χ0n) is 4.14. The number of aliphatic hydroxyl groups is 1. The van der Waals surface area contributed by atoms with Crippen LogP contribution in [0, 0.1) is 12.3 Å². The first-order chi connectivity index (χ1) is 3.68. The Balaban J connectivity index is 3.35. The monoisotopic (exact) mass is 120 g/mol. The highest BCUT2D eigenvalue weighted by Crippen LogP contribution is 2.02. The van der Waals surface area contributed by atoms with E-state index in [0.717, 1.165) is 0 Å². The lowest BCUT2D eigenvalue weighted by atomic mass is 10.3. The van der Waals surface area contributed by atoms with E-state index in [0.29, 0.717) is 0 Å². The van der Waals surface area contributed by atoms with Gasteiger partial charge in [0.2, 0.25) is 0 Å². The van der Waals surface area contributed by atoms with Gasteiger partial charge < -0.3 is 5.11 Å². The van der Waals surface area contributed by atoms with Gasteiger partial charge in [0.05, 0.1) is 0 Å². The minimum absolute atomic E-state index is 0.280. The number of terminal acetylenes is 1. The summed E-state index contributed by atoms with van der Waals surface area (Å²) in [6, 6.07) is 0. The van der Waals surface area contributed by atoms with Crippen molar-refractivity contribution in [2.45, 2.75) is 19.0 Å². The zero-order valence-corrected chi connectivity index (χ0v) is 4.14. The molecule has 46 valence electrons. The highest BCUT2D eigenvalue weighted by atomic mass is 19.3. The quantitative estimate of drug-likeness (QED) is 0.530. The summed E-state index contributed by atoms with van der Waals surface area (Å²) in [5, 5.41) is 8.23. The zero-order chi connectivity index (χ0) is 6.57. The van der Waals surface area contributed by atoms with E-state index >= 15 is 0 Å². The fourth-order valence-corrected chi connectivity index (χ4v) is 0.210. The van der Waals surface area contributed by atoms with Crippen LogP contribution in [0.4, 0.5) is 8.78 Å². The second kappa shape index (κ2) is 3.39. The predicted molar refractivity (Wildman–Crippen MR) is 25.5 cm³/mol. The van der Waals surface area contributed by atoms with Gasteiger partial charge in [-0.25, -0.2) is 8.78 Å². The van der Waals surface area contributed by atoms with Gasteiger partial charge in [0.15, 0.2) is 0 Å². The van der Waals surface area contributed by atoms with E-state index in [1.807, 2.05) is 5.92 Å². The molecule has 0 aliphatic carbocycles. The van der Waals surface area contributed by atoms with Crippen LogP contribution in [0.3, 0.4) is 0 Å². The maximum absolute atomic E-state index is 11.3. The highest BCUT2D eigenvalue weighted by Gasteiger charge is 2.13. The van der Waals surface area contributed by atoms with E-state index in [-0.39, 0.29) is 6.42 Å².